The van der Waals surface area contributed by atoms with E-state index in [0.29, 0.717) is 13.1 Å². The maximum atomic E-state index is 11.8. The van der Waals surface area contributed by atoms with Crippen LogP contribution >= 0.6 is 0 Å². The number of nitrogens with one attached hydrogen (secondary N) is 2. The topological polar surface area (TPSA) is 73.6 Å². The third kappa shape index (κ3) is 5.22. The van der Waals surface area contributed by atoms with Crippen LogP contribution in [0.15, 0.2) is 41.3 Å². The quantitative estimate of drug-likeness (QED) is 0.866. The first kappa shape index (κ1) is 17.3. The van der Waals surface area contributed by atoms with Crippen LogP contribution in [0.4, 0.5) is 10.6 Å². The first-order valence-corrected chi connectivity index (χ1v) is 8.62. The number of likely N-dealkylation sites (N-methyl/N-ethyl adjacent to an activating group) is 1. The second-order valence-corrected chi connectivity index (χ2v) is 6.34. The first-order valence-electron chi connectivity index (χ1n) is 8.62. The zero-order valence-electron chi connectivity index (χ0n) is 14.6. The van der Waals surface area contributed by atoms with Crippen molar-refractivity contribution in [3.63, 3.8) is 0 Å². The Morgan fingerprint density at radius 2 is 1.96 bits per heavy atom. The van der Waals surface area contributed by atoms with Crippen LogP contribution in [0, 0.1) is 0 Å². The van der Waals surface area contributed by atoms with Crippen molar-refractivity contribution < 1.29 is 9.21 Å². The van der Waals surface area contributed by atoms with Crippen LogP contribution in [0.5, 0.6) is 0 Å². The second-order valence-electron chi connectivity index (χ2n) is 6.34. The molecule has 7 nitrogen and oxygen atoms in total. The summed E-state index contributed by atoms with van der Waals surface area (Å²) in [5.74, 6) is 1.00. The maximum Gasteiger partial charge on any atom is 0.315 e. The van der Waals surface area contributed by atoms with E-state index in [1.807, 2.05) is 24.4 Å². The molecule has 3 rings (SSSR count). The average molecular weight is 343 g/mol. The molecule has 0 unspecified atom stereocenters. The number of nitrogens with zero attached hydrogens (tertiary/aromatic N) is 3. The van der Waals surface area contributed by atoms with Gasteiger partial charge in [-0.15, -0.1) is 0 Å². The molecular weight excluding hydrogens is 318 g/mol. The molecule has 0 aromatic carbocycles. The lowest BCUT2D eigenvalue weighted by Crippen LogP contribution is -2.34. The number of hydrogen-bond acceptors (Lipinski definition) is 5. The highest BCUT2D eigenvalue weighted by Gasteiger charge is 2.13. The molecular formula is C18H25N5O2. The fourth-order valence-corrected chi connectivity index (χ4v) is 2.80. The van der Waals surface area contributed by atoms with Gasteiger partial charge in [-0.1, -0.05) is 6.07 Å². The van der Waals surface area contributed by atoms with Gasteiger partial charge in [0.15, 0.2) is 0 Å². The first-order chi connectivity index (χ1) is 12.2. The predicted octanol–water partition coefficient (Wildman–Crippen LogP) is 1.82. The molecule has 2 amide bonds. The lowest BCUT2D eigenvalue weighted by atomic mass is 10.2. The fraction of sp³-hybridized carbons (Fsp3) is 0.444. The SMILES string of the molecule is CN1CCCN(c2ccc(CNC(=O)NCc3ccoc3)cn2)CC1. The van der Waals surface area contributed by atoms with Gasteiger partial charge in [0.25, 0.3) is 0 Å². The number of furan rings is 1. The van der Waals surface area contributed by atoms with Crippen molar-refractivity contribution in [1.82, 2.24) is 20.5 Å². The number of carbonyl (C=O) groups is 1. The van der Waals surface area contributed by atoms with Gasteiger partial charge in [0.05, 0.1) is 12.5 Å². The van der Waals surface area contributed by atoms with Gasteiger partial charge in [0, 0.05) is 44.5 Å². The molecule has 3 heterocycles. The van der Waals surface area contributed by atoms with E-state index in [9.17, 15) is 4.79 Å². The van der Waals surface area contributed by atoms with E-state index >= 15 is 0 Å². The number of amides is 2. The number of urea groups is 1. The summed E-state index contributed by atoms with van der Waals surface area (Å²) in [4.78, 5) is 21.0. The zero-order chi connectivity index (χ0) is 17.5. The third-order valence-electron chi connectivity index (χ3n) is 4.34. The molecule has 1 aliphatic heterocycles. The van der Waals surface area contributed by atoms with Gasteiger partial charge in [-0.05, 0) is 37.7 Å². The van der Waals surface area contributed by atoms with Crippen molar-refractivity contribution in [3.8, 4) is 0 Å². The molecule has 2 N–H and O–H groups in total. The molecule has 0 spiro atoms. The Hall–Kier alpha value is -2.54. The molecule has 0 bridgehead atoms. The highest BCUT2D eigenvalue weighted by Crippen LogP contribution is 2.14. The minimum Gasteiger partial charge on any atom is -0.472 e. The average Bonchev–Trinajstić information content (AvgIpc) is 3.06. The Morgan fingerprint density at radius 1 is 1.12 bits per heavy atom. The summed E-state index contributed by atoms with van der Waals surface area (Å²) >= 11 is 0. The van der Waals surface area contributed by atoms with Gasteiger partial charge in [-0.25, -0.2) is 9.78 Å². The minimum absolute atomic E-state index is 0.208. The Kier molecular flexibility index (Phi) is 5.90. The molecule has 1 fully saturated rings. The predicted molar refractivity (Wildman–Crippen MR) is 96.3 cm³/mol. The summed E-state index contributed by atoms with van der Waals surface area (Å²) in [6.07, 6.45) is 6.19. The standard InChI is InChI=1S/C18H25N5O2/c1-22-6-2-7-23(9-8-22)17-4-3-15(11-19-17)12-20-18(24)21-13-16-5-10-25-14-16/h3-5,10-11,14H,2,6-9,12-13H2,1H3,(H2,20,21,24). The summed E-state index contributed by atoms with van der Waals surface area (Å²) in [6, 6.07) is 5.67. The van der Waals surface area contributed by atoms with E-state index in [0.717, 1.165) is 49.5 Å². The van der Waals surface area contributed by atoms with Crippen molar-refractivity contribution in [1.29, 1.82) is 0 Å². The molecule has 25 heavy (non-hydrogen) atoms. The monoisotopic (exact) mass is 343 g/mol. The van der Waals surface area contributed by atoms with Crippen molar-refractivity contribution in [3.05, 3.63) is 48.0 Å². The molecule has 7 heteroatoms. The summed E-state index contributed by atoms with van der Waals surface area (Å²) < 4.78 is 4.96. The van der Waals surface area contributed by atoms with Gasteiger partial charge in [0.1, 0.15) is 5.82 Å². The molecule has 1 saturated heterocycles. The van der Waals surface area contributed by atoms with Crippen molar-refractivity contribution in [2.45, 2.75) is 19.5 Å². The van der Waals surface area contributed by atoms with E-state index in [2.05, 4.69) is 32.5 Å². The molecule has 1 aliphatic rings. The molecule has 0 atom stereocenters. The molecule has 134 valence electrons. The minimum atomic E-state index is -0.208. The Labute approximate surface area is 148 Å². The highest BCUT2D eigenvalue weighted by atomic mass is 16.3. The Morgan fingerprint density at radius 3 is 2.68 bits per heavy atom. The van der Waals surface area contributed by atoms with E-state index < -0.39 is 0 Å². The zero-order valence-corrected chi connectivity index (χ0v) is 14.6. The van der Waals surface area contributed by atoms with E-state index in [4.69, 9.17) is 4.42 Å². The van der Waals surface area contributed by atoms with Crippen LogP contribution in [0.1, 0.15) is 17.5 Å². The molecule has 2 aromatic heterocycles. The van der Waals surface area contributed by atoms with Gasteiger partial charge in [-0.3, -0.25) is 0 Å². The number of carbonyl (C=O) groups excluding carboxylic acids is 1. The molecule has 0 saturated carbocycles. The van der Waals surface area contributed by atoms with Crippen LogP contribution < -0.4 is 15.5 Å². The number of rotatable bonds is 5. The van der Waals surface area contributed by atoms with Crippen LogP contribution in [0.25, 0.3) is 0 Å². The Bertz CT molecular complexity index is 657. The highest BCUT2D eigenvalue weighted by molar-refractivity contribution is 5.73. The van der Waals surface area contributed by atoms with Crippen molar-refractivity contribution >= 4 is 11.8 Å². The van der Waals surface area contributed by atoms with Crippen molar-refractivity contribution in [2.75, 3.05) is 38.1 Å². The molecule has 0 radical (unpaired) electrons. The maximum absolute atomic E-state index is 11.8. The summed E-state index contributed by atoms with van der Waals surface area (Å²) in [5.41, 5.74) is 1.92. The summed E-state index contributed by atoms with van der Waals surface area (Å²) in [6.45, 7) is 5.12. The lowest BCUT2D eigenvalue weighted by molar-refractivity contribution is 0.240. The van der Waals surface area contributed by atoms with Gasteiger partial charge in [-0.2, -0.15) is 0 Å². The summed E-state index contributed by atoms with van der Waals surface area (Å²) in [5, 5.41) is 5.62. The van der Waals surface area contributed by atoms with Gasteiger partial charge < -0.3 is 24.9 Å². The molecule has 0 aliphatic carbocycles. The number of aromatic nitrogens is 1. The smallest absolute Gasteiger partial charge is 0.315 e. The van der Waals surface area contributed by atoms with E-state index in [1.54, 1.807) is 12.5 Å². The van der Waals surface area contributed by atoms with E-state index in [1.165, 1.54) is 0 Å². The fourth-order valence-electron chi connectivity index (χ4n) is 2.80. The molecule has 2 aromatic rings. The number of anilines is 1. The van der Waals surface area contributed by atoms with Crippen LogP contribution in [0.2, 0.25) is 0 Å². The van der Waals surface area contributed by atoms with Crippen LogP contribution in [-0.4, -0.2) is 49.1 Å². The lowest BCUT2D eigenvalue weighted by Gasteiger charge is -2.21. The Balaban J connectivity index is 1.45. The van der Waals surface area contributed by atoms with Crippen LogP contribution in [-0.2, 0) is 13.1 Å². The second kappa shape index (κ2) is 8.53. The summed E-state index contributed by atoms with van der Waals surface area (Å²) in [7, 11) is 2.16. The normalized spacial score (nSPS) is 15.6. The van der Waals surface area contributed by atoms with Crippen molar-refractivity contribution in [2.24, 2.45) is 0 Å². The third-order valence-corrected chi connectivity index (χ3v) is 4.34. The van der Waals surface area contributed by atoms with Gasteiger partial charge in [0.2, 0.25) is 0 Å². The number of hydrogen-bond donors (Lipinski definition) is 2. The largest absolute Gasteiger partial charge is 0.472 e. The van der Waals surface area contributed by atoms with Crippen LogP contribution in [0.3, 0.4) is 0 Å². The van der Waals surface area contributed by atoms with E-state index in [-0.39, 0.29) is 6.03 Å². The number of pyridine rings is 1. The van der Waals surface area contributed by atoms with Gasteiger partial charge >= 0.3 is 6.03 Å².